The van der Waals surface area contributed by atoms with Crippen LogP contribution in [0.25, 0.3) is 0 Å². The van der Waals surface area contributed by atoms with Crippen LogP contribution in [0, 0.1) is 5.82 Å². The van der Waals surface area contributed by atoms with Crippen LogP contribution in [0.1, 0.15) is 29.8 Å². The number of nitrogens with one attached hydrogen (secondary N) is 1. The van der Waals surface area contributed by atoms with E-state index in [4.69, 9.17) is 17.3 Å². The zero-order valence-corrected chi connectivity index (χ0v) is 16.3. The summed E-state index contributed by atoms with van der Waals surface area (Å²) in [6.07, 6.45) is -4.70. The third-order valence-electron chi connectivity index (χ3n) is 4.88. The van der Waals surface area contributed by atoms with E-state index in [2.05, 4.69) is 10.3 Å². The number of carbonyl (C=O) groups excluding carboxylic acids is 2. The van der Waals surface area contributed by atoms with Gasteiger partial charge in [0.2, 0.25) is 5.91 Å². The maximum atomic E-state index is 13.7. The van der Waals surface area contributed by atoms with Crippen LogP contribution in [-0.4, -0.2) is 40.5 Å². The fraction of sp³-hybridized carbons (Fsp3) is 0.316. The molecule has 3 atom stereocenters. The summed E-state index contributed by atoms with van der Waals surface area (Å²) in [6.45, 7) is 1.21. The molecule has 3 amide bonds. The molecule has 0 bridgehead atoms. The van der Waals surface area contributed by atoms with Crippen LogP contribution in [0.15, 0.2) is 36.4 Å². The number of nitrogens with two attached hydrogens (primary N) is 1. The first kappa shape index (κ1) is 21.8. The lowest BCUT2D eigenvalue weighted by atomic mass is 9.82. The normalized spacial score (nSPS) is 20.6. The van der Waals surface area contributed by atoms with Gasteiger partial charge in [0.15, 0.2) is 0 Å². The lowest BCUT2D eigenvalue weighted by Gasteiger charge is -2.43. The Balaban J connectivity index is 2.21. The van der Waals surface area contributed by atoms with Crippen molar-refractivity contribution in [2.24, 2.45) is 5.73 Å². The summed E-state index contributed by atoms with van der Waals surface area (Å²) in [5.41, 5.74) is 4.60. The standard InChI is InChI=1S/C19H17ClF4N4O2/c1-9-17(28(18(25)30)8-15(29)26-9)16(10-5-6-12(21)11(20)7-10)13-3-2-4-14(27-13)19(22,23)24/h2-7,9,16-17H,8H2,1H3,(H2,25,30)(H,26,29)/t9?,16-,17?/m1/s1. The van der Waals surface area contributed by atoms with Crippen LogP contribution in [0.5, 0.6) is 0 Å². The number of halogens is 5. The second kappa shape index (κ2) is 8.10. The Labute approximate surface area is 174 Å². The molecule has 30 heavy (non-hydrogen) atoms. The Morgan fingerprint density at radius 1 is 1.33 bits per heavy atom. The van der Waals surface area contributed by atoms with Crippen molar-refractivity contribution < 1.29 is 27.2 Å². The molecule has 1 aromatic heterocycles. The molecule has 0 saturated carbocycles. The van der Waals surface area contributed by atoms with Crippen LogP contribution in [0.3, 0.4) is 0 Å². The third kappa shape index (κ3) is 4.33. The lowest BCUT2D eigenvalue weighted by molar-refractivity contribution is -0.141. The van der Waals surface area contributed by atoms with Crippen LogP contribution >= 0.6 is 11.6 Å². The van der Waals surface area contributed by atoms with E-state index < -0.39 is 47.6 Å². The fourth-order valence-electron chi connectivity index (χ4n) is 3.64. The summed E-state index contributed by atoms with van der Waals surface area (Å²) in [4.78, 5) is 28.8. The Bertz CT molecular complexity index is 985. The molecule has 0 spiro atoms. The van der Waals surface area contributed by atoms with Crippen molar-refractivity contribution in [3.05, 3.63) is 64.2 Å². The van der Waals surface area contributed by atoms with Gasteiger partial charge in [-0.25, -0.2) is 14.2 Å². The predicted octanol–water partition coefficient (Wildman–Crippen LogP) is 3.29. The van der Waals surface area contributed by atoms with Gasteiger partial charge in [-0.1, -0.05) is 23.7 Å². The van der Waals surface area contributed by atoms with Gasteiger partial charge in [0.05, 0.1) is 16.8 Å². The number of hydrogen-bond acceptors (Lipinski definition) is 3. The van der Waals surface area contributed by atoms with E-state index in [0.717, 1.165) is 17.0 Å². The first-order valence-corrected chi connectivity index (χ1v) is 9.21. The van der Waals surface area contributed by atoms with Gasteiger partial charge in [0, 0.05) is 12.0 Å². The molecule has 160 valence electrons. The zero-order valence-electron chi connectivity index (χ0n) is 15.6. The third-order valence-corrected chi connectivity index (χ3v) is 5.17. The largest absolute Gasteiger partial charge is 0.433 e. The molecule has 1 saturated heterocycles. The molecule has 0 aliphatic carbocycles. The number of hydrogen-bond donors (Lipinski definition) is 2. The molecule has 2 aromatic rings. The highest BCUT2D eigenvalue weighted by Gasteiger charge is 2.42. The van der Waals surface area contributed by atoms with Gasteiger partial charge in [0.1, 0.15) is 18.1 Å². The smallest absolute Gasteiger partial charge is 0.351 e. The Kier molecular flexibility index (Phi) is 5.89. The topological polar surface area (TPSA) is 88.3 Å². The number of piperazine rings is 1. The average Bonchev–Trinajstić information content (AvgIpc) is 2.65. The molecule has 6 nitrogen and oxygen atoms in total. The Morgan fingerprint density at radius 3 is 2.63 bits per heavy atom. The van der Waals surface area contributed by atoms with E-state index in [0.29, 0.717) is 5.56 Å². The van der Waals surface area contributed by atoms with Gasteiger partial charge in [-0.05, 0) is 36.8 Å². The SMILES string of the molecule is CC1NC(=O)CN(C(N)=O)C1[C@H](c1ccc(F)c(Cl)c1)c1cccc(C(F)(F)F)n1. The van der Waals surface area contributed by atoms with Crippen LogP contribution in [0.2, 0.25) is 5.02 Å². The zero-order chi connectivity index (χ0) is 22.2. The van der Waals surface area contributed by atoms with E-state index in [-0.39, 0.29) is 17.3 Å². The summed E-state index contributed by atoms with van der Waals surface area (Å²) in [5.74, 6) is -2.16. The molecule has 1 fully saturated rings. The van der Waals surface area contributed by atoms with Gasteiger partial charge in [-0.2, -0.15) is 13.2 Å². The molecule has 3 N–H and O–H groups in total. The van der Waals surface area contributed by atoms with Crippen molar-refractivity contribution in [3.8, 4) is 0 Å². The van der Waals surface area contributed by atoms with Crippen molar-refractivity contribution in [1.29, 1.82) is 0 Å². The minimum atomic E-state index is -4.70. The number of carbonyl (C=O) groups is 2. The minimum Gasteiger partial charge on any atom is -0.351 e. The molecule has 11 heteroatoms. The molecule has 3 rings (SSSR count). The molecule has 2 heterocycles. The van der Waals surface area contributed by atoms with Gasteiger partial charge in [-0.15, -0.1) is 0 Å². The summed E-state index contributed by atoms with van der Waals surface area (Å²) in [7, 11) is 0. The summed E-state index contributed by atoms with van der Waals surface area (Å²) in [6, 6.07) is 4.52. The average molecular weight is 445 g/mol. The number of pyridine rings is 1. The highest BCUT2D eigenvalue weighted by Crippen LogP contribution is 2.36. The van der Waals surface area contributed by atoms with E-state index >= 15 is 0 Å². The number of nitrogens with zero attached hydrogens (tertiary/aromatic N) is 2. The summed E-state index contributed by atoms with van der Waals surface area (Å²) >= 11 is 5.90. The Morgan fingerprint density at radius 2 is 2.03 bits per heavy atom. The van der Waals surface area contributed by atoms with E-state index in [1.807, 2.05) is 0 Å². The number of urea groups is 1. The van der Waals surface area contributed by atoms with Crippen molar-refractivity contribution in [2.75, 3.05) is 6.54 Å². The minimum absolute atomic E-state index is 0.0354. The predicted molar refractivity (Wildman–Crippen MR) is 100 cm³/mol. The van der Waals surface area contributed by atoms with Crippen LogP contribution < -0.4 is 11.1 Å². The first-order valence-electron chi connectivity index (χ1n) is 8.83. The van der Waals surface area contributed by atoms with Crippen LogP contribution in [0.4, 0.5) is 22.4 Å². The van der Waals surface area contributed by atoms with Crippen molar-refractivity contribution >= 4 is 23.5 Å². The molecule has 1 aliphatic heterocycles. The lowest BCUT2D eigenvalue weighted by Crippen LogP contribution is -2.64. The van der Waals surface area contributed by atoms with Gasteiger partial charge >= 0.3 is 12.2 Å². The maximum absolute atomic E-state index is 13.7. The maximum Gasteiger partial charge on any atom is 0.433 e. The van der Waals surface area contributed by atoms with Crippen molar-refractivity contribution in [2.45, 2.75) is 31.1 Å². The number of alkyl halides is 3. The van der Waals surface area contributed by atoms with Gasteiger partial charge in [-0.3, -0.25) is 4.79 Å². The summed E-state index contributed by atoms with van der Waals surface area (Å²) < 4.78 is 53.5. The number of primary amides is 1. The number of benzene rings is 1. The second-order valence-corrected chi connectivity index (χ2v) is 7.32. The first-order chi connectivity index (χ1) is 14.0. The van der Waals surface area contributed by atoms with Gasteiger partial charge in [0.25, 0.3) is 0 Å². The Hall–Kier alpha value is -2.88. The van der Waals surface area contributed by atoms with Crippen molar-refractivity contribution in [1.82, 2.24) is 15.2 Å². The second-order valence-electron chi connectivity index (χ2n) is 6.91. The molecule has 0 radical (unpaired) electrons. The number of amides is 3. The van der Waals surface area contributed by atoms with Crippen LogP contribution in [-0.2, 0) is 11.0 Å². The monoisotopic (exact) mass is 444 g/mol. The molecule has 1 aromatic carbocycles. The van der Waals surface area contributed by atoms with Gasteiger partial charge < -0.3 is 16.0 Å². The fourth-order valence-corrected chi connectivity index (χ4v) is 3.83. The number of rotatable bonds is 3. The molecular weight excluding hydrogens is 428 g/mol. The quantitative estimate of drug-likeness (QED) is 0.712. The molecular formula is C19H17ClF4N4O2. The highest BCUT2D eigenvalue weighted by atomic mass is 35.5. The van der Waals surface area contributed by atoms with E-state index in [9.17, 15) is 27.2 Å². The van der Waals surface area contributed by atoms with E-state index in [1.54, 1.807) is 6.92 Å². The number of aromatic nitrogens is 1. The summed E-state index contributed by atoms with van der Waals surface area (Å²) in [5, 5.41) is 2.41. The highest BCUT2D eigenvalue weighted by molar-refractivity contribution is 6.30. The molecule has 1 aliphatic rings. The molecule has 2 unspecified atom stereocenters. The van der Waals surface area contributed by atoms with E-state index in [1.165, 1.54) is 24.3 Å². The van der Waals surface area contributed by atoms with Crippen molar-refractivity contribution in [3.63, 3.8) is 0 Å².